The Bertz CT molecular complexity index is 798. The summed E-state index contributed by atoms with van der Waals surface area (Å²) < 4.78 is 16.7. The Morgan fingerprint density at radius 3 is 2.80 bits per heavy atom. The summed E-state index contributed by atoms with van der Waals surface area (Å²) in [6.45, 7) is 2.00. The second kappa shape index (κ2) is 5.19. The lowest BCUT2D eigenvalue weighted by molar-refractivity contribution is 0.617. The van der Waals surface area contributed by atoms with Crippen molar-refractivity contribution in [1.29, 1.82) is 0 Å². The van der Waals surface area contributed by atoms with E-state index in [-0.39, 0.29) is 11.7 Å². The number of rotatable bonds is 2. The number of aryl methyl sites for hydroxylation is 1. The molecule has 3 rings (SSSR count). The number of alkyl halides is 1. The summed E-state index contributed by atoms with van der Waals surface area (Å²) in [4.78, 5) is 4.49. The van der Waals surface area contributed by atoms with Gasteiger partial charge in [0.25, 0.3) is 0 Å². The van der Waals surface area contributed by atoms with Gasteiger partial charge in [-0.3, -0.25) is 4.57 Å². The molecule has 0 saturated carbocycles. The predicted molar refractivity (Wildman–Crippen MR) is 83.0 cm³/mol. The second-order valence-electron chi connectivity index (χ2n) is 4.58. The van der Waals surface area contributed by atoms with Gasteiger partial charge in [0.1, 0.15) is 11.6 Å². The molecule has 2 aromatic carbocycles. The third-order valence-electron chi connectivity index (χ3n) is 3.15. The number of imidazole rings is 1. The summed E-state index contributed by atoms with van der Waals surface area (Å²) in [7, 11) is 0. The Labute approximate surface area is 129 Å². The maximum atomic E-state index is 14.1. The van der Waals surface area contributed by atoms with Gasteiger partial charge in [-0.15, -0.1) is 11.6 Å². The summed E-state index contributed by atoms with van der Waals surface area (Å²) in [5.74, 6) is 0.545. The summed E-state index contributed by atoms with van der Waals surface area (Å²) in [6.07, 6.45) is 0. The SMILES string of the molecule is Cc1ccc2c(c1)nc(CCl)n2-c1cc(Br)ccc1F. The highest BCUT2D eigenvalue weighted by molar-refractivity contribution is 9.10. The maximum Gasteiger partial charge on any atom is 0.147 e. The molecule has 0 saturated heterocycles. The molecule has 20 heavy (non-hydrogen) atoms. The molecule has 0 amide bonds. The molecule has 0 atom stereocenters. The van der Waals surface area contributed by atoms with Crippen molar-refractivity contribution in [2.75, 3.05) is 0 Å². The lowest BCUT2D eigenvalue weighted by Gasteiger charge is -2.09. The monoisotopic (exact) mass is 352 g/mol. The van der Waals surface area contributed by atoms with Crippen LogP contribution in [0, 0.1) is 12.7 Å². The molecular formula is C15H11BrClFN2. The molecular weight excluding hydrogens is 343 g/mol. The number of nitrogens with zero attached hydrogens (tertiary/aromatic N) is 2. The van der Waals surface area contributed by atoms with Crippen LogP contribution in [0.3, 0.4) is 0 Å². The average Bonchev–Trinajstić information content (AvgIpc) is 2.78. The molecule has 5 heteroatoms. The summed E-state index contributed by atoms with van der Waals surface area (Å²) in [5.41, 5.74) is 3.22. The van der Waals surface area contributed by atoms with Gasteiger partial charge in [-0.05, 0) is 42.8 Å². The standard InChI is InChI=1S/C15H11BrClFN2/c1-9-2-5-13-12(6-9)19-15(8-17)20(13)14-7-10(16)3-4-11(14)18/h2-7H,8H2,1H3. The zero-order valence-electron chi connectivity index (χ0n) is 10.7. The van der Waals surface area contributed by atoms with Crippen LogP contribution >= 0.6 is 27.5 Å². The molecule has 1 aromatic heterocycles. The van der Waals surface area contributed by atoms with Crippen LogP contribution in [0.25, 0.3) is 16.7 Å². The van der Waals surface area contributed by atoms with Crippen LogP contribution in [-0.4, -0.2) is 9.55 Å². The molecule has 0 N–H and O–H groups in total. The van der Waals surface area contributed by atoms with Crippen LogP contribution in [-0.2, 0) is 5.88 Å². The van der Waals surface area contributed by atoms with E-state index in [0.717, 1.165) is 21.1 Å². The predicted octanol–water partition coefficient (Wildman–Crippen LogP) is 4.97. The van der Waals surface area contributed by atoms with E-state index >= 15 is 0 Å². The normalized spacial score (nSPS) is 11.2. The summed E-state index contributed by atoms with van der Waals surface area (Å²) in [6, 6.07) is 10.7. The molecule has 0 fully saturated rings. The van der Waals surface area contributed by atoms with E-state index in [0.29, 0.717) is 11.5 Å². The van der Waals surface area contributed by atoms with Crippen molar-refractivity contribution in [2.45, 2.75) is 12.8 Å². The summed E-state index contributed by atoms with van der Waals surface area (Å²) >= 11 is 9.34. The number of hydrogen-bond donors (Lipinski definition) is 0. The quantitative estimate of drug-likeness (QED) is 0.594. The first kappa shape index (κ1) is 13.6. The summed E-state index contributed by atoms with van der Waals surface area (Å²) in [5, 5.41) is 0. The smallest absolute Gasteiger partial charge is 0.147 e. The van der Waals surface area contributed by atoms with Crippen LogP contribution in [0.5, 0.6) is 0 Å². The van der Waals surface area contributed by atoms with E-state index in [9.17, 15) is 4.39 Å². The number of benzene rings is 2. The van der Waals surface area contributed by atoms with E-state index in [2.05, 4.69) is 20.9 Å². The van der Waals surface area contributed by atoms with E-state index < -0.39 is 0 Å². The third-order valence-corrected chi connectivity index (χ3v) is 3.88. The molecule has 0 spiro atoms. The topological polar surface area (TPSA) is 17.8 Å². The molecule has 1 heterocycles. The molecule has 0 bridgehead atoms. The molecule has 0 aliphatic carbocycles. The number of hydrogen-bond acceptors (Lipinski definition) is 1. The van der Waals surface area contributed by atoms with Gasteiger partial charge in [0.2, 0.25) is 0 Å². The molecule has 2 nitrogen and oxygen atoms in total. The van der Waals surface area contributed by atoms with Crippen molar-refractivity contribution in [3.8, 4) is 5.69 Å². The first-order valence-electron chi connectivity index (χ1n) is 6.09. The van der Waals surface area contributed by atoms with Gasteiger partial charge >= 0.3 is 0 Å². The van der Waals surface area contributed by atoms with Gasteiger partial charge in [0.05, 0.1) is 22.6 Å². The minimum atomic E-state index is -0.306. The highest BCUT2D eigenvalue weighted by atomic mass is 79.9. The van der Waals surface area contributed by atoms with Crippen molar-refractivity contribution < 1.29 is 4.39 Å². The lowest BCUT2D eigenvalue weighted by atomic mass is 10.2. The molecule has 0 aliphatic heterocycles. The molecule has 0 radical (unpaired) electrons. The van der Waals surface area contributed by atoms with Gasteiger partial charge < -0.3 is 0 Å². The van der Waals surface area contributed by atoms with Crippen LogP contribution in [0.2, 0.25) is 0 Å². The fraction of sp³-hybridized carbons (Fsp3) is 0.133. The number of halogens is 3. The van der Waals surface area contributed by atoms with Gasteiger partial charge in [-0.2, -0.15) is 0 Å². The van der Waals surface area contributed by atoms with Crippen molar-refractivity contribution >= 4 is 38.6 Å². The molecule has 102 valence electrons. The average molecular weight is 354 g/mol. The lowest BCUT2D eigenvalue weighted by Crippen LogP contribution is -2.02. The second-order valence-corrected chi connectivity index (χ2v) is 5.77. The maximum absolute atomic E-state index is 14.1. The Balaban J connectivity index is 2.37. The van der Waals surface area contributed by atoms with Crippen molar-refractivity contribution in [1.82, 2.24) is 9.55 Å². The minimum absolute atomic E-state index is 0.222. The van der Waals surface area contributed by atoms with Gasteiger partial charge in [0, 0.05) is 4.47 Å². The van der Waals surface area contributed by atoms with Crippen molar-refractivity contribution in [3.05, 3.63) is 58.1 Å². The van der Waals surface area contributed by atoms with E-state index in [1.165, 1.54) is 6.07 Å². The highest BCUT2D eigenvalue weighted by Gasteiger charge is 2.15. The third kappa shape index (κ3) is 2.23. The zero-order valence-corrected chi connectivity index (χ0v) is 13.0. The van der Waals surface area contributed by atoms with Crippen LogP contribution in [0.1, 0.15) is 11.4 Å². The Kier molecular flexibility index (Phi) is 3.52. The van der Waals surface area contributed by atoms with E-state index in [1.807, 2.05) is 25.1 Å². The Morgan fingerprint density at radius 2 is 2.05 bits per heavy atom. The Hall–Kier alpha value is -1.39. The first-order chi connectivity index (χ1) is 9.60. The van der Waals surface area contributed by atoms with Gasteiger partial charge in [0.15, 0.2) is 0 Å². The fourth-order valence-corrected chi connectivity index (χ4v) is 2.78. The van der Waals surface area contributed by atoms with Gasteiger partial charge in [-0.1, -0.05) is 22.0 Å². The molecule has 0 aliphatic rings. The van der Waals surface area contributed by atoms with Crippen LogP contribution < -0.4 is 0 Å². The van der Waals surface area contributed by atoms with Crippen LogP contribution in [0.15, 0.2) is 40.9 Å². The minimum Gasteiger partial charge on any atom is -0.292 e. The molecule has 0 unspecified atom stereocenters. The fourth-order valence-electron chi connectivity index (χ4n) is 2.26. The largest absolute Gasteiger partial charge is 0.292 e. The Morgan fingerprint density at radius 1 is 1.25 bits per heavy atom. The van der Waals surface area contributed by atoms with Crippen LogP contribution in [0.4, 0.5) is 4.39 Å². The first-order valence-corrected chi connectivity index (χ1v) is 7.42. The zero-order chi connectivity index (χ0) is 14.3. The van der Waals surface area contributed by atoms with Crippen molar-refractivity contribution in [3.63, 3.8) is 0 Å². The number of aromatic nitrogens is 2. The molecule has 3 aromatic rings. The van der Waals surface area contributed by atoms with E-state index in [4.69, 9.17) is 11.6 Å². The van der Waals surface area contributed by atoms with E-state index in [1.54, 1.807) is 16.7 Å². The van der Waals surface area contributed by atoms with Crippen molar-refractivity contribution in [2.24, 2.45) is 0 Å². The highest BCUT2D eigenvalue weighted by Crippen LogP contribution is 2.27. The van der Waals surface area contributed by atoms with Gasteiger partial charge in [-0.25, -0.2) is 9.37 Å². The number of fused-ring (bicyclic) bond motifs is 1.